The van der Waals surface area contributed by atoms with Crippen LogP contribution in [0.15, 0.2) is 64.8 Å². The van der Waals surface area contributed by atoms with Gasteiger partial charge in [-0.2, -0.15) is 0 Å². The van der Waals surface area contributed by atoms with Crippen LogP contribution in [0.4, 0.5) is 0 Å². The second kappa shape index (κ2) is 8.28. The van der Waals surface area contributed by atoms with Gasteiger partial charge in [-0.3, -0.25) is 9.59 Å². The third kappa shape index (κ3) is 3.80. The lowest BCUT2D eigenvalue weighted by atomic mass is 9.97. The molecular formula is C24H24N2O5. The number of fused-ring (bicyclic) bond motifs is 1. The fourth-order valence-electron chi connectivity index (χ4n) is 3.81. The van der Waals surface area contributed by atoms with Gasteiger partial charge in [0.05, 0.1) is 18.9 Å². The van der Waals surface area contributed by atoms with Gasteiger partial charge in [-0.15, -0.1) is 0 Å². The number of carbonyl (C=O) groups excluding carboxylic acids is 2. The number of ketones is 1. The number of likely N-dealkylation sites (N-methyl/N-ethyl adjacent to an activating group) is 1. The molecule has 0 radical (unpaired) electrons. The molecule has 7 nitrogen and oxygen atoms in total. The number of furan rings is 1. The van der Waals surface area contributed by atoms with Crippen LogP contribution in [0, 0.1) is 0 Å². The number of amides is 1. The topological polar surface area (TPSA) is 83.2 Å². The second-order valence-electron chi connectivity index (χ2n) is 7.74. The number of carbonyl (C=O) groups is 2. The Balaban J connectivity index is 1.81. The van der Waals surface area contributed by atoms with Crippen LogP contribution >= 0.6 is 0 Å². The number of ether oxygens (including phenoxy) is 1. The Kier molecular flexibility index (Phi) is 5.52. The highest BCUT2D eigenvalue weighted by Gasteiger charge is 2.47. The van der Waals surface area contributed by atoms with E-state index in [1.165, 1.54) is 11.2 Å². The van der Waals surface area contributed by atoms with Crippen molar-refractivity contribution in [1.29, 1.82) is 0 Å². The lowest BCUT2D eigenvalue weighted by molar-refractivity contribution is -0.140. The van der Waals surface area contributed by atoms with E-state index in [1.54, 1.807) is 31.4 Å². The van der Waals surface area contributed by atoms with E-state index in [0.717, 1.165) is 16.5 Å². The van der Waals surface area contributed by atoms with Crippen LogP contribution in [0.3, 0.4) is 0 Å². The summed E-state index contributed by atoms with van der Waals surface area (Å²) in [6, 6.07) is 13.6. The van der Waals surface area contributed by atoms with Crippen molar-refractivity contribution in [3.8, 4) is 5.75 Å². The summed E-state index contributed by atoms with van der Waals surface area (Å²) in [7, 11) is 5.39. The fraction of sp³-hybridized carbons (Fsp3) is 0.250. The molecule has 1 aromatic heterocycles. The predicted molar refractivity (Wildman–Crippen MR) is 117 cm³/mol. The van der Waals surface area contributed by atoms with Crippen molar-refractivity contribution in [2.24, 2.45) is 0 Å². The van der Waals surface area contributed by atoms with Gasteiger partial charge in [0.15, 0.2) is 0 Å². The van der Waals surface area contributed by atoms with Gasteiger partial charge in [-0.05, 0) is 55.2 Å². The Hall–Kier alpha value is -3.58. The van der Waals surface area contributed by atoms with E-state index in [9.17, 15) is 14.7 Å². The number of benzene rings is 2. The molecule has 1 N–H and O–H groups in total. The molecule has 1 atom stereocenters. The minimum absolute atomic E-state index is 0.0339. The molecule has 1 saturated heterocycles. The molecule has 160 valence electrons. The van der Waals surface area contributed by atoms with Crippen LogP contribution in [0.1, 0.15) is 17.4 Å². The third-order valence-electron chi connectivity index (χ3n) is 5.46. The standard InChI is InChI=1S/C24H24N2O5/c1-25(2)10-11-26-21(19-5-4-12-31-19)20(23(28)24(26)29)22(27)17-7-6-16-14-18(30-3)9-8-15(16)13-17/h4-9,12-14,21,27H,10-11H2,1-3H3/b22-20+. The molecule has 1 amide bonds. The molecule has 31 heavy (non-hydrogen) atoms. The summed E-state index contributed by atoms with van der Waals surface area (Å²) < 4.78 is 10.8. The van der Waals surface area contributed by atoms with Crippen molar-refractivity contribution in [3.05, 3.63) is 71.7 Å². The molecule has 1 aliphatic heterocycles. The summed E-state index contributed by atoms with van der Waals surface area (Å²) in [5, 5.41) is 12.9. The normalized spacial score (nSPS) is 18.3. The van der Waals surface area contributed by atoms with E-state index in [4.69, 9.17) is 9.15 Å². The van der Waals surface area contributed by atoms with Crippen LogP contribution in [-0.4, -0.2) is 60.9 Å². The fourth-order valence-corrected chi connectivity index (χ4v) is 3.81. The number of Topliss-reactive ketones (excluding diaryl/α,β-unsaturated/α-hetero) is 1. The lowest BCUT2D eigenvalue weighted by Gasteiger charge is -2.24. The lowest BCUT2D eigenvalue weighted by Crippen LogP contribution is -2.35. The SMILES string of the molecule is COc1ccc2cc(/C(O)=C3\C(=O)C(=O)N(CCN(C)C)C3c3ccco3)ccc2c1. The van der Waals surface area contributed by atoms with Crippen molar-refractivity contribution in [1.82, 2.24) is 9.80 Å². The summed E-state index contributed by atoms with van der Waals surface area (Å²) in [6.45, 7) is 0.902. The van der Waals surface area contributed by atoms with E-state index >= 15 is 0 Å². The summed E-state index contributed by atoms with van der Waals surface area (Å²) in [4.78, 5) is 29.1. The van der Waals surface area contributed by atoms with Crippen LogP contribution < -0.4 is 4.74 Å². The maximum absolute atomic E-state index is 12.9. The van der Waals surface area contributed by atoms with Crippen LogP contribution in [0.2, 0.25) is 0 Å². The van der Waals surface area contributed by atoms with Crippen LogP contribution in [0.5, 0.6) is 5.75 Å². The number of hydrogen-bond donors (Lipinski definition) is 1. The molecule has 1 fully saturated rings. The van der Waals surface area contributed by atoms with Gasteiger partial charge in [-0.25, -0.2) is 0 Å². The zero-order valence-corrected chi connectivity index (χ0v) is 17.7. The van der Waals surface area contributed by atoms with Gasteiger partial charge in [0, 0.05) is 18.7 Å². The minimum atomic E-state index is -0.776. The van der Waals surface area contributed by atoms with Gasteiger partial charge >= 0.3 is 0 Å². The molecule has 0 aliphatic carbocycles. The predicted octanol–water partition coefficient (Wildman–Crippen LogP) is 3.42. The highest BCUT2D eigenvalue weighted by Crippen LogP contribution is 2.39. The summed E-state index contributed by atoms with van der Waals surface area (Å²) in [6.07, 6.45) is 1.49. The van der Waals surface area contributed by atoms with E-state index in [2.05, 4.69) is 0 Å². The number of methoxy groups -OCH3 is 1. The Morgan fingerprint density at radius 3 is 2.55 bits per heavy atom. The number of rotatable bonds is 6. The molecule has 2 heterocycles. The first-order valence-electron chi connectivity index (χ1n) is 9.95. The molecule has 4 rings (SSSR count). The first-order valence-corrected chi connectivity index (χ1v) is 9.95. The zero-order valence-electron chi connectivity index (χ0n) is 17.7. The monoisotopic (exact) mass is 420 g/mol. The van der Waals surface area contributed by atoms with E-state index < -0.39 is 17.7 Å². The second-order valence-corrected chi connectivity index (χ2v) is 7.74. The summed E-state index contributed by atoms with van der Waals surface area (Å²) in [5.74, 6) is -0.411. The van der Waals surface area contributed by atoms with E-state index in [0.29, 0.717) is 24.4 Å². The molecule has 7 heteroatoms. The van der Waals surface area contributed by atoms with Gasteiger partial charge in [0.1, 0.15) is 23.3 Å². The zero-order chi connectivity index (χ0) is 22.1. The number of hydrogen-bond acceptors (Lipinski definition) is 6. The third-order valence-corrected chi connectivity index (χ3v) is 5.46. The molecule has 3 aromatic rings. The first kappa shape index (κ1) is 20.7. The number of aliphatic hydroxyl groups excluding tert-OH is 1. The van der Waals surface area contributed by atoms with Crippen molar-refractivity contribution in [3.63, 3.8) is 0 Å². The molecule has 0 spiro atoms. The quantitative estimate of drug-likeness (QED) is 0.374. The van der Waals surface area contributed by atoms with Gasteiger partial charge in [0.25, 0.3) is 11.7 Å². The maximum atomic E-state index is 12.9. The minimum Gasteiger partial charge on any atom is -0.507 e. The molecule has 0 bridgehead atoms. The largest absolute Gasteiger partial charge is 0.507 e. The molecule has 1 aliphatic rings. The van der Waals surface area contributed by atoms with Crippen LogP contribution in [0.25, 0.3) is 16.5 Å². The average Bonchev–Trinajstić information content (AvgIpc) is 3.38. The Labute approximate surface area is 180 Å². The summed E-state index contributed by atoms with van der Waals surface area (Å²) >= 11 is 0. The van der Waals surface area contributed by atoms with E-state index in [1.807, 2.05) is 43.3 Å². The van der Waals surface area contributed by atoms with Crippen molar-refractivity contribution >= 4 is 28.2 Å². The Morgan fingerprint density at radius 2 is 1.87 bits per heavy atom. The first-order chi connectivity index (χ1) is 14.9. The number of nitrogens with zero attached hydrogens (tertiary/aromatic N) is 2. The van der Waals surface area contributed by atoms with E-state index in [-0.39, 0.29) is 11.3 Å². The summed E-state index contributed by atoms with van der Waals surface area (Å²) in [5.41, 5.74) is 0.492. The Bertz CT molecular complexity index is 1160. The molecule has 2 aromatic carbocycles. The Morgan fingerprint density at radius 1 is 1.13 bits per heavy atom. The smallest absolute Gasteiger partial charge is 0.295 e. The van der Waals surface area contributed by atoms with Crippen molar-refractivity contribution in [2.75, 3.05) is 34.3 Å². The molecule has 1 unspecified atom stereocenters. The average molecular weight is 420 g/mol. The maximum Gasteiger partial charge on any atom is 0.295 e. The van der Waals surface area contributed by atoms with Gasteiger partial charge in [0.2, 0.25) is 0 Å². The molecule has 0 saturated carbocycles. The van der Waals surface area contributed by atoms with Crippen LogP contribution in [-0.2, 0) is 9.59 Å². The van der Waals surface area contributed by atoms with Crippen molar-refractivity contribution < 1.29 is 23.8 Å². The van der Waals surface area contributed by atoms with Crippen molar-refractivity contribution in [2.45, 2.75) is 6.04 Å². The van der Waals surface area contributed by atoms with Gasteiger partial charge in [-0.1, -0.05) is 18.2 Å². The van der Waals surface area contributed by atoms with Gasteiger partial charge < -0.3 is 24.1 Å². The highest BCUT2D eigenvalue weighted by atomic mass is 16.5. The molecular weight excluding hydrogens is 396 g/mol. The number of likely N-dealkylation sites (tertiary alicyclic amines) is 1. The number of aliphatic hydroxyl groups is 1. The highest BCUT2D eigenvalue weighted by molar-refractivity contribution is 6.46.